The third kappa shape index (κ3) is 3.81. The maximum Gasteiger partial charge on any atom is 0.326 e. The molecule has 4 atom stereocenters. The summed E-state index contributed by atoms with van der Waals surface area (Å²) in [6.45, 7) is 15.7. The van der Waals surface area contributed by atoms with Gasteiger partial charge in [0.1, 0.15) is 12.1 Å². The van der Waals surface area contributed by atoms with E-state index in [1.54, 1.807) is 0 Å². The van der Waals surface area contributed by atoms with Crippen molar-refractivity contribution in [3.05, 3.63) is 0 Å². The lowest BCUT2D eigenvalue weighted by atomic mass is 9.85. The zero-order chi connectivity index (χ0) is 20.2. The van der Waals surface area contributed by atoms with E-state index in [2.05, 4.69) is 24.5 Å². The van der Waals surface area contributed by atoms with Crippen LogP contribution in [-0.2, 0) is 9.59 Å². The van der Waals surface area contributed by atoms with Gasteiger partial charge in [-0.15, -0.1) is 0 Å². The van der Waals surface area contributed by atoms with Gasteiger partial charge in [0.15, 0.2) is 0 Å². The number of likely N-dealkylation sites (tertiary alicyclic amines) is 1. The summed E-state index contributed by atoms with van der Waals surface area (Å²) in [5, 5.41) is 15.2. The molecule has 0 aromatic carbocycles. The second kappa shape index (κ2) is 6.13. The number of carbonyl (C=O) groups excluding carboxylic acids is 2. The maximum atomic E-state index is 13.2. The standard InChI is InChI=1S/C19H33N3O4/c1-17(2,3)13(20-16(26)21-18(4,5)6)14(23)22-9-10-11(19(10,7)8)12(22)15(24)25/h10-13H,9H2,1-8H3,(H,24,25)(H2,20,21,26)/t10-,11-,12-,13-/m0/s1. The molecule has 1 heterocycles. The molecule has 7 heteroatoms. The molecular formula is C19H33N3O4. The number of piperidine rings is 1. The van der Waals surface area contributed by atoms with Crippen molar-refractivity contribution in [2.75, 3.05) is 6.54 Å². The first-order valence-corrected chi connectivity index (χ1v) is 9.19. The summed E-state index contributed by atoms with van der Waals surface area (Å²) in [5.41, 5.74) is -1.02. The Hall–Kier alpha value is -1.79. The molecule has 0 aromatic heterocycles. The predicted octanol–water partition coefficient (Wildman–Crippen LogP) is 2.07. The second-order valence-electron chi connectivity index (χ2n) is 10.4. The number of carbonyl (C=O) groups is 3. The third-order valence-electron chi connectivity index (χ3n) is 5.62. The van der Waals surface area contributed by atoms with Gasteiger partial charge in [-0.2, -0.15) is 0 Å². The van der Waals surface area contributed by atoms with Crippen molar-refractivity contribution in [3.63, 3.8) is 0 Å². The van der Waals surface area contributed by atoms with Gasteiger partial charge >= 0.3 is 12.0 Å². The van der Waals surface area contributed by atoms with E-state index in [0.29, 0.717) is 6.54 Å². The number of aliphatic carboxylic acids is 1. The van der Waals surface area contributed by atoms with Crippen molar-refractivity contribution in [1.29, 1.82) is 0 Å². The lowest BCUT2D eigenvalue weighted by molar-refractivity contribution is -0.152. The number of nitrogens with one attached hydrogen (secondary N) is 2. The molecule has 2 rings (SSSR count). The van der Waals surface area contributed by atoms with Crippen LogP contribution >= 0.6 is 0 Å². The van der Waals surface area contributed by atoms with Crippen LogP contribution in [0, 0.1) is 22.7 Å². The summed E-state index contributed by atoms with van der Waals surface area (Å²) in [6, 6.07) is -2.05. The minimum absolute atomic E-state index is 0.0204. The lowest BCUT2D eigenvalue weighted by Gasteiger charge is -2.37. The highest BCUT2D eigenvalue weighted by molar-refractivity contribution is 5.92. The molecule has 7 nitrogen and oxygen atoms in total. The van der Waals surface area contributed by atoms with Crippen LogP contribution in [0.1, 0.15) is 55.4 Å². The quantitative estimate of drug-likeness (QED) is 0.711. The van der Waals surface area contributed by atoms with E-state index in [9.17, 15) is 19.5 Å². The number of carboxylic acids is 1. The number of carboxylic acid groups (broad SMARTS) is 1. The van der Waals surface area contributed by atoms with E-state index >= 15 is 0 Å². The van der Waals surface area contributed by atoms with Crippen molar-refractivity contribution in [3.8, 4) is 0 Å². The molecule has 2 aliphatic rings. The number of amides is 3. The van der Waals surface area contributed by atoms with Crippen LogP contribution in [0.4, 0.5) is 4.79 Å². The topological polar surface area (TPSA) is 98.7 Å². The Morgan fingerprint density at radius 3 is 2.08 bits per heavy atom. The fraction of sp³-hybridized carbons (Fsp3) is 0.842. The highest BCUT2D eigenvalue weighted by Crippen LogP contribution is 2.64. The van der Waals surface area contributed by atoms with Gasteiger partial charge < -0.3 is 20.6 Å². The van der Waals surface area contributed by atoms with Crippen LogP contribution < -0.4 is 10.6 Å². The Bertz CT molecular complexity index is 615. The highest BCUT2D eigenvalue weighted by atomic mass is 16.4. The van der Waals surface area contributed by atoms with Gasteiger partial charge in [-0.3, -0.25) is 4.79 Å². The van der Waals surface area contributed by atoms with Crippen molar-refractivity contribution in [1.82, 2.24) is 15.5 Å². The first-order chi connectivity index (χ1) is 11.6. The second-order valence-corrected chi connectivity index (χ2v) is 10.4. The molecule has 1 aliphatic heterocycles. The summed E-state index contributed by atoms with van der Waals surface area (Å²) in [7, 11) is 0. The molecule has 2 fully saturated rings. The summed E-state index contributed by atoms with van der Waals surface area (Å²) in [6.07, 6.45) is 0. The van der Waals surface area contributed by atoms with Gasteiger partial charge in [-0.25, -0.2) is 9.59 Å². The summed E-state index contributed by atoms with van der Waals surface area (Å²) < 4.78 is 0. The largest absolute Gasteiger partial charge is 0.480 e. The average Bonchev–Trinajstić information content (AvgIpc) is 2.81. The fourth-order valence-corrected chi connectivity index (χ4v) is 4.12. The number of fused-ring (bicyclic) bond motifs is 1. The maximum absolute atomic E-state index is 13.2. The molecule has 0 aromatic rings. The zero-order valence-electron chi connectivity index (χ0n) is 17.1. The Kier molecular flexibility index (Phi) is 4.84. The zero-order valence-corrected chi connectivity index (χ0v) is 17.1. The molecule has 3 amide bonds. The molecule has 0 radical (unpaired) electrons. The van der Waals surface area contributed by atoms with Crippen molar-refractivity contribution >= 4 is 17.9 Å². The van der Waals surface area contributed by atoms with Gasteiger partial charge in [0, 0.05) is 18.0 Å². The average molecular weight is 367 g/mol. The number of hydrogen-bond acceptors (Lipinski definition) is 3. The molecule has 148 valence electrons. The van der Waals surface area contributed by atoms with Crippen LogP contribution in [0.2, 0.25) is 0 Å². The lowest BCUT2D eigenvalue weighted by Crippen LogP contribution is -2.60. The first kappa shape index (κ1) is 20.5. The molecule has 0 bridgehead atoms. The fourth-order valence-electron chi connectivity index (χ4n) is 4.12. The SMILES string of the molecule is CC(C)(C)NC(=O)N[C@@H](C(=O)N1C[C@H]2[C@@H]([C@H]1C(=O)O)C2(C)C)C(C)(C)C. The van der Waals surface area contributed by atoms with E-state index in [4.69, 9.17) is 0 Å². The van der Waals surface area contributed by atoms with Crippen molar-refractivity contribution < 1.29 is 19.5 Å². The molecule has 0 unspecified atom stereocenters. The highest BCUT2D eigenvalue weighted by Gasteiger charge is 2.70. The Balaban J connectivity index is 2.20. The summed E-state index contributed by atoms with van der Waals surface area (Å²) >= 11 is 0. The van der Waals surface area contributed by atoms with Gasteiger partial charge in [-0.05, 0) is 37.5 Å². The van der Waals surface area contributed by atoms with Crippen LogP contribution in [0.15, 0.2) is 0 Å². The van der Waals surface area contributed by atoms with Crippen molar-refractivity contribution in [2.45, 2.75) is 73.0 Å². The Morgan fingerprint density at radius 2 is 1.65 bits per heavy atom. The summed E-state index contributed by atoms with van der Waals surface area (Å²) in [5.74, 6) is -1.11. The molecule has 3 N–H and O–H groups in total. The normalized spacial score (nSPS) is 28.2. The molecule has 0 spiro atoms. The van der Waals surface area contributed by atoms with E-state index < -0.39 is 35.0 Å². The molecule has 1 aliphatic carbocycles. The monoisotopic (exact) mass is 367 g/mol. The predicted molar refractivity (Wildman–Crippen MR) is 98.6 cm³/mol. The van der Waals surface area contributed by atoms with E-state index in [-0.39, 0.29) is 23.2 Å². The number of urea groups is 1. The van der Waals surface area contributed by atoms with Crippen LogP contribution in [0.3, 0.4) is 0 Å². The van der Waals surface area contributed by atoms with Gasteiger partial charge in [0.05, 0.1) is 0 Å². The van der Waals surface area contributed by atoms with E-state index in [1.807, 2.05) is 41.5 Å². The molecule has 1 saturated carbocycles. The number of nitrogens with zero attached hydrogens (tertiary/aromatic N) is 1. The number of rotatable bonds is 3. The molecule has 26 heavy (non-hydrogen) atoms. The van der Waals surface area contributed by atoms with Crippen molar-refractivity contribution in [2.24, 2.45) is 22.7 Å². The first-order valence-electron chi connectivity index (χ1n) is 9.19. The number of hydrogen-bond donors (Lipinski definition) is 3. The minimum Gasteiger partial charge on any atom is -0.480 e. The van der Waals surface area contributed by atoms with E-state index in [1.165, 1.54) is 4.90 Å². The van der Waals surface area contributed by atoms with Gasteiger partial charge in [0.2, 0.25) is 5.91 Å². The van der Waals surface area contributed by atoms with Crippen LogP contribution in [-0.4, -0.2) is 52.1 Å². The Labute approximate surface area is 155 Å². The molecular weight excluding hydrogens is 334 g/mol. The minimum atomic E-state index is -0.969. The van der Waals surface area contributed by atoms with Crippen LogP contribution in [0.5, 0.6) is 0 Å². The molecule has 1 saturated heterocycles. The van der Waals surface area contributed by atoms with Gasteiger partial charge in [0.25, 0.3) is 0 Å². The third-order valence-corrected chi connectivity index (χ3v) is 5.62. The van der Waals surface area contributed by atoms with E-state index in [0.717, 1.165) is 0 Å². The van der Waals surface area contributed by atoms with Gasteiger partial charge in [-0.1, -0.05) is 34.6 Å². The summed E-state index contributed by atoms with van der Waals surface area (Å²) in [4.78, 5) is 38.8. The smallest absolute Gasteiger partial charge is 0.326 e. The van der Waals surface area contributed by atoms with Crippen LogP contribution in [0.25, 0.3) is 0 Å². The Morgan fingerprint density at radius 1 is 1.12 bits per heavy atom.